The third-order valence-corrected chi connectivity index (χ3v) is 7.26. The van der Waals surface area contributed by atoms with Gasteiger partial charge in [-0.05, 0) is 49.2 Å². The third-order valence-electron chi connectivity index (χ3n) is 7.26. The molecule has 4 rings (SSSR count). The molecule has 8 heteroatoms. The summed E-state index contributed by atoms with van der Waals surface area (Å²) in [6, 6.07) is 0. The maximum Gasteiger partial charge on any atom is 0.334 e. The summed E-state index contributed by atoms with van der Waals surface area (Å²) < 4.78 is 17.2. The first kappa shape index (κ1) is 21.0. The molecule has 162 valence electrons. The van der Waals surface area contributed by atoms with Crippen molar-refractivity contribution in [3.8, 4) is 0 Å². The molecule has 4 N–H and O–H groups in total. The Kier molecular flexibility index (Phi) is 5.38. The summed E-state index contributed by atoms with van der Waals surface area (Å²) in [5.74, 6) is -0.368. The largest absolute Gasteiger partial charge is 0.454 e. The van der Waals surface area contributed by atoms with E-state index in [0.717, 1.165) is 30.4 Å². The highest BCUT2D eigenvalue weighted by molar-refractivity contribution is 5.91. The van der Waals surface area contributed by atoms with Gasteiger partial charge in [-0.2, -0.15) is 0 Å². The fraction of sp³-hybridized carbons (Fsp3) is 0.762. The van der Waals surface area contributed by atoms with Gasteiger partial charge in [-0.15, -0.1) is 0 Å². The average Bonchev–Trinajstić information content (AvgIpc) is 2.97. The highest BCUT2D eigenvalue weighted by atomic mass is 16.7. The Hall–Kier alpha value is -1.29. The molecular weight excluding hydrogens is 380 g/mol. The molecule has 0 spiro atoms. The molecule has 2 aliphatic heterocycles. The molecule has 2 aliphatic carbocycles. The maximum atomic E-state index is 12.1. The molecule has 0 bridgehead atoms. The smallest absolute Gasteiger partial charge is 0.334 e. The molecular formula is C21H30O8. The van der Waals surface area contributed by atoms with Gasteiger partial charge in [0.15, 0.2) is 6.29 Å². The predicted molar refractivity (Wildman–Crippen MR) is 100 cm³/mol. The molecule has 0 aromatic carbocycles. The monoisotopic (exact) mass is 410 g/mol. The number of fused-ring (bicyclic) bond motifs is 3. The fourth-order valence-electron chi connectivity index (χ4n) is 5.46. The minimum atomic E-state index is -1.48. The Morgan fingerprint density at radius 2 is 1.86 bits per heavy atom. The van der Waals surface area contributed by atoms with Gasteiger partial charge in [-0.3, -0.25) is 0 Å². The van der Waals surface area contributed by atoms with Crippen molar-refractivity contribution in [1.82, 2.24) is 0 Å². The Morgan fingerprint density at radius 3 is 2.55 bits per heavy atom. The van der Waals surface area contributed by atoms with E-state index >= 15 is 0 Å². The van der Waals surface area contributed by atoms with Gasteiger partial charge in [-0.25, -0.2) is 4.79 Å². The van der Waals surface area contributed by atoms with E-state index in [-0.39, 0.29) is 23.4 Å². The number of rotatable bonds is 3. The summed E-state index contributed by atoms with van der Waals surface area (Å²) in [4.78, 5) is 12.1. The van der Waals surface area contributed by atoms with Crippen molar-refractivity contribution in [3.63, 3.8) is 0 Å². The quantitative estimate of drug-likeness (QED) is 0.295. The van der Waals surface area contributed by atoms with Crippen LogP contribution in [0.1, 0.15) is 39.5 Å². The minimum Gasteiger partial charge on any atom is -0.454 e. The molecule has 8 nitrogen and oxygen atoms in total. The second kappa shape index (κ2) is 7.44. The van der Waals surface area contributed by atoms with Gasteiger partial charge in [0.25, 0.3) is 0 Å². The van der Waals surface area contributed by atoms with Gasteiger partial charge in [0.05, 0.1) is 12.7 Å². The van der Waals surface area contributed by atoms with E-state index in [0.29, 0.717) is 12.0 Å². The van der Waals surface area contributed by atoms with E-state index in [1.54, 1.807) is 0 Å². The van der Waals surface area contributed by atoms with Crippen molar-refractivity contribution in [1.29, 1.82) is 0 Å². The van der Waals surface area contributed by atoms with Crippen LogP contribution in [0.15, 0.2) is 23.3 Å². The van der Waals surface area contributed by atoms with Gasteiger partial charge in [0.2, 0.25) is 0 Å². The van der Waals surface area contributed by atoms with E-state index in [1.807, 2.05) is 6.92 Å². The maximum absolute atomic E-state index is 12.1. The van der Waals surface area contributed by atoms with Crippen molar-refractivity contribution in [2.75, 3.05) is 6.61 Å². The SMILES string of the molecule is C=C1C(=O)OC2C3=C(C)C(OC4OC(CO)C(O)C(O)C4O)CCC3(C)CCC12. The van der Waals surface area contributed by atoms with E-state index < -0.39 is 43.4 Å². The number of hydrogen-bond acceptors (Lipinski definition) is 8. The lowest BCUT2D eigenvalue weighted by Gasteiger charge is -2.48. The number of esters is 1. The first-order valence-electron chi connectivity index (χ1n) is 10.2. The standard InChI is InChI=1S/C21H30O8/c1-9-11-4-6-21(3)7-5-12(10(2)14(21)18(11)29-19(9)26)27-20-17(25)16(24)15(23)13(8-22)28-20/h11-13,15-18,20,22-25H,1,4-8H2,2-3H3. The zero-order valence-electron chi connectivity index (χ0n) is 16.8. The number of carbonyl (C=O) groups excluding carboxylic acids is 1. The summed E-state index contributed by atoms with van der Waals surface area (Å²) in [7, 11) is 0. The number of carbonyl (C=O) groups is 1. The molecule has 9 atom stereocenters. The van der Waals surface area contributed by atoms with Crippen LogP contribution in [0.4, 0.5) is 0 Å². The zero-order valence-corrected chi connectivity index (χ0v) is 16.8. The Bertz CT molecular complexity index is 730. The number of ether oxygens (including phenoxy) is 3. The Labute approximate surface area is 169 Å². The molecule has 0 radical (unpaired) electrons. The molecule has 2 heterocycles. The highest BCUT2D eigenvalue weighted by Crippen LogP contribution is 2.55. The van der Waals surface area contributed by atoms with Gasteiger partial charge >= 0.3 is 5.97 Å². The van der Waals surface area contributed by atoms with Crippen molar-refractivity contribution < 1.29 is 39.4 Å². The van der Waals surface area contributed by atoms with E-state index in [2.05, 4.69) is 13.5 Å². The summed E-state index contributed by atoms with van der Waals surface area (Å²) in [5.41, 5.74) is 2.43. The van der Waals surface area contributed by atoms with E-state index in [9.17, 15) is 25.2 Å². The van der Waals surface area contributed by atoms with E-state index in [1.165, 1.54) is 0 Å². The van der Waals surface area contributed by atoms with Crippen molar-refractivity contribution in [2.45, 2.75) is 82.4 Å². The second-order valence-corrected chi connectivity index (χ2v) is 9.01. The lowest BCUT2D eigenvalue weighted by Crippen LogP contribution is -2.60. The van der Waals surface area contributed by atoms with Crippen molar-refractivity contribution in [2.24, 2.45) is 11.3 Å². The van der Waals surface area contributed by atoms with Gasteiger partial charge < -0.3 is 34.6 Å². The van der Waals surface area contributed by atoms with Crippen LogP contribution in [0, 0.1) is 11.3 Å². The molecule has 3 fully saturated rings. The molecule has 4 aliphatic rings. The van der Waals surface area contributed by atoms with Crippen LogP contribution >= 0.6 is 0 Å². The summed E-state index contributed by atoms with van der Waals surface area (Å²) in [6.07, 6.45) is -3.97. The Morgan fingerprint density at radius 1 is 1.17 bits per heavy atom. The van der Waals surface area contributed by atoms with Gasteiger partial charge in [0, 0.05) is 11.5 Å². The van der Waals surface area contributed by atoms with Crippen LogP contribution in [0.5, 0.6) is 0 Å². The highest BCUT2D eigenvalue weighted by Gasteiger charge is 2.53. The third kappa shape index (κ3) is 3.26. The van der Waals surface area contributed by atoms with Gasteiger partial charge in [-0.1, -0.05) is 13.5 Å². The molecule has 2 saturated heterocycles. The first-order valence-corrected chi connectivity index (χ1v) is 10.2. The Balaban J connectivity index is 1.60. The van der Waals surface area contributed by atoms with Crippen molar-refractivity contribution in [3.05, 3.63) is 23.3 Å². The minimum absolute atomic E-state index is 0.0217. The van der Waals surface area contributed by atoms with Crippen molar-refractivity contribution >= 4 is 5.97 Å². The molecule has 1 saturated carbocycles. The van der Waals surface area contributed by atoms with Crippen LogP contribution in [0.25, 0.3) is 0 Å². The normalized spacial score (nSPS) is 47.7. The fourth-order valence-corrected chi connectivity index (χ4v) is 5.46. The number of hydrogen-bond donors (Lipinski definition) is 4. The molecule has 9 unspecified atom stereocenters. The number of aliphatic hydroxyl groups excluding tert-OH is 4. The lowest BCUT2D eigenvalue weighted by atomic mass is 9.59. The lowest BCUT2D eigenvalue weighted by molar-refractivity contribution is -0.309. The number of aliphatic hydroxyl groups is 4. The van der Waals surface area contributed by atoms with Crippen LogP contribution in [-0.2, 0) is 19.0 Å². The first-order chi connectivity index (χ1) is 13.7. The van der Waals surface area contributed by atoms with Gasteiger partial charge in [0.1, 0.15) is 30.5 Å². The second-order valence-electron chi connectivity index (χ2n) is 9.01. The average molecular weight is 410 g/mol. The van der Waals surface area contributed by atoms with E-state index in [4.69, 9.17) is 14.2 Å². The molecule has 0 aromatic heterocycles. The predicted octanol–water partition coefficient (Wildman–Crippen LogP) is 0.180. The molecule has 0 amide bonds. The zero-order chi connectivity index (χ0) is 21.1. The molecule has 29 heavy (non-hydrogen) atoms. The van der Waals surface area contributed by atoms with Crippen LogP contribution in [0.2, 0.25) is 0 Å². The molecule has 0 aromatic rings. The van der Waals surface area contributed by atoms with Crippen LogP contribution in [0.3, 0.4) is 0 Å². The summed E-state index contributed by atoms with van der Waals surface area (Å²) in [5, 5.41) is 39.7. The van der Waals surface area contributed by atoms with Crippen LogP contribution < -0.4 is 0 Å². The summed E-state index contributed by atoms with van der Waals surface area (Å²) >= 11 is 0. The van der Waals surface area contributed by atoms with Crippen LogP contribution in [-0.4, -0.2) is 75.9 Å². The topological polar surface area (TPSA) is 126 Å². The summed E-state index contributed by atoms with van der Waals surface area (Å²) in [6.45, 7) is 7.52.